The minimum atomic E-state index is -1.27. The fraction of sp³-hybridized carbons (Fsp3) is 1.00. The second kappa shape index (κ2) is 5.31. The van der Waals surface area contributed by atoms with E-state index in [9.17, 15) is 13.3 Å². The van der Waals surface area contributed by atoms with Crippen molar-refractivity contribution in [3.05, 3.63) is 0 Å². The van der Waals surface area contributed by atoms with E-state index < -0.39 is 24.5 Å². The Morgan fingerprint density at radius 2 is 1.50 bits per heavy atom. The molecule has 0 fully saturated rings. The van der Waals surface area contributed by atoms with Gasteiger partial charge in [0.05, 0.1) is 0 Å². The highest BCUT2D eigenvalue weighted by molar-refractivity contribution is 7.91. The molecule has 0 unspecified atom stereocenters. The van der Waals surface area contributed by atoms with Gasteiger partial charge in [0.25, 0.3) is 0 Å². The van der Waals surface area contributed by atoms with Crippen molar-refractivity contribution < 1.29 is 13.3 Å². The van der Waals surface area contributed by atoms with E-state index in [-0.39, 0.29) is 11.5 Å². The summed E-state index contributed by atoms with van der Waals surface area (Å²) in [7, 11) is 0. The zero-order valence-corrected chi connectivity index (χ0v) is 5.22. The van der Waals surface area contributed by atoms with Crippen molar-refractivity contribution in [2.75, 3.05) is 24.9 Å². The first kappa shape index (κ1) is 8.17. The fourth-order valence-corrected chi connectivity index (χ4v) is 0.822. The van der Waals surface area contributed by atoms with E-state index >= 15 is 0 Å². The van der Waals surface area contributed by atoms with E-state index in [4.69, 9.17) is 0 Å². The molecule has 0 aliphatic carbocycles. The smallest absolute Gasteiger partial charge is 0.134 e. The van der Waals surface area contributed by atoms with Gasteiger partial charge < -0.3 is 4.55 Å². The highest BCUT2D eigenvalue weighted by Crippen LogP contribution is 1.89. The second-order valence-electron chi connectivity index (χ2n) is 1.23. The topological polar surface area (TPSA) is 23.1 Å². The summed E-state index contributed by atoms with van der Waals surface area (Å²) in [6, 6.07) is 0. The molecular weight excluding hydrogens is 134 g/mol. The van der Waals surface area contributed by atoms with Crippen molar-refractivity contribution in [1.82, 2.24) is 0 Å². The van der Waals surface area contributed by atoms with Crippen LogP contribution in [0, 0.1) is 0 Å². The van der Waals surface area contributed by atoms with Gasteiger partial charge >= 0.3 is 0 Å². The Morgan fingerprint density at radius 3 is 1.75 bits per heavy atom. The summed E-state index contributed by atoms with van der Waals surface area (Å²) in [5, 5.41) is 0. The Balaban J connectivity index is 2.92. The maximum atomic E-state index is 11.3. The van der Waals surface area contributed by atoms with E-state index in [0.29, 0.717) is 0 Å². The van der Waals surface area contributed by atoms with E-state index in [2.05, 4.69) is 0 Å². The summed E-state index contributed by atoms with van der Waals surface area (Å²) >= 11 is -1.27. The van der Waals surface area contributed by atoms with Crippen LogP contribution in [0.3, 0.4) is 0 Å². The maximum Gasteiger partial charge on any atom is 0.134 e. The zero-order chi connectivity index (χ0) is 6.41. The van der Waals surface area contributed by atoms with Crippen molar-refractivity contribution in [2.45, 2.75) is 0 Å². The number of hydrogen-bond acceptors (Lipinski definition) is 1. The minimum absolute atomic E-state index is 0.0239. The van der Waals surface area contributed by atoms with Gasteiger partial charge in [-0.2, -0.15) is 0 Å². The van der Waals surface area contributed by atoms with Crippen molar-refractivity contribution in [1.29, 1.82) is 0 Å². The van der Waals surface area contributed by atoms with Crippen LogP contribution in [0.15, 0.2) is 0 Å². The van der Waals surface area contributed by atoms with Gasteiger partial charge in [0.2, 0.25) is 0 Å². The van der Waals surface area contributed by atoms with Crippen molar-refractivity contribution in [2.24, 2.45) is 0 Å². The number of alkyl halides is 2. The molecule has 0 aromatic carbocycles. The summed E-state index contributed by atoms with van der Waals surface area (Å²) in [5.74, 6) is -0.0478. The summed E-state index contributed by atoms with van der Waals surface area (Å²) in [5.41, 5.74) is 0. The predicted octanol–water partition coefficient (Wildman–Crippen LogP) is 0.674. The number of rotatable bonds is 4. The van der Waals surface area contributed by atoms with Crippen molar-refractivity contribution in [3.8, 4) is 0 Å². The molecule has 0 spiro atoms. The lowest BCUT2D eigenvalue weighted by molar-refractivity contribution is 0.501. The van der Waals surface area contributed by atoms with Gasteiger partial charge in [-0.05, 0) is 11.2 Å². The Hall–Kier alpha value is 0.170. The molecule has 1 nitrogen and oxygen atoms in total. The molecule has 0 heterocycles. The maximum absolute atomic E-state index is 11.3. The van der Waals surface area contributed by atoms with Gasteiger partial charge in [0.1, 0.15) is 24.9 Å². The Kier molecular flexibility index (Phi) is 5.42. The molecule has 0 saturated carbocycles. The minimum Gasteiger partial charge on any atom is -0.616 e. The van der Waals surface area contributed by atoms with Gasteiger partial charge in [0, 0.05) is 0 Å². The largest absolute Gasteiger partial charge is 0.616 e. The van der Waals surface area contributed by atoms with Crippen LogP contribution in [-0.2, 0) is 11.2 Å². The monoisotopic (exact) mass is 142 g/mol. The molecule has 0 amide bonds. The van der Waals surface area contributed by atoms with Gasteiger partial charge in [-0.3, -0.25) is 0 Å². The first-order valence-electron chi connectivity index (χ1n) is 2.28. The normalized spacial score (nSPS) is 10.5. The summed E-state index contributed by atoms with van der Waals surface area (Å²) < 4.78 is 32.8. The van der Waals surface area contributed by atoms with Crippen LogP contribution in [0.25, 0.3) is 0 Å². The van der Waals surface area contributed by atoms with Crippen molar-refractivity contribution >= 4 is 11.2 Å². The third kappa shape index (κ3) is 4.33. The molecule has 8 heavy (non-hydrogen) atoms. The molecule has 0 saturated heterocycles. The van der Waals surface area contributed by atoms with Crippen LogP contribution in [0.5, 0.6) is 0 Å². The third-order valence-corrected chi connectivity index (χ3v) is 1.83. The van der Waals surface area contributed by atoms with Crippen molar-refractivity contribution in [3.63, 3.8) is 0 Å². The average Bonchev–Trinajstić information content (AvgIpc) is 1.68. The second-order valence-corrected chi connectivity index (χ2v) is 2.92. The highest BCUT2D eigenvalue weighted by Gasteiger charge is 2.02. The van der Waals surface area contributed by atoms with E-state index in [1.807, 2.05) is 0 Å². The van der Waals surface area contributed by atoms with Crippen LogP contribution in [0.2, 0.25) is 0 Å². The lowest BCUT2D eigenvalue weighted by atomic mass is 10.9. The van der Waals surface area contributed by atoms with Crippen LogP contribution >= 0.6 is 0 Å². The van der Waals surface area contributed by atoms with Gasteiger partial charge in [0.15, 0.2) is 0 Å². The highest BCUT2D eigenvalue weighted by atomic mass is 32.2. The fourth-order valence-electron chi connectivity index (χ4n) is 0.274. The van der Waals surface area contributed by atoms with Gasteiger partial charge in [-0.1, -0.05) is 0 Å². The Morgan fingerprint density at radius 1 is 1.12 bits per heavy atom. The molecule has 4 heteroatoms. The Bertz CT molecular complexity index is 47.3. The molecule has 0 atom stereocenters. The van der Waals surface area contributed by atoms with Crippen LogP contribution in [-0.4, -0.2) is 29.4 Å². The molecule has 0 radical (unpaired) electrons. The molecule has 0 aliphatic rings. The van der Waals surface area contributed by atoms with Crippen LogP contribution < -0.4 is 0 Å². The summed E-state index contributed by atoms with van der Waals surface area (Å²) in [6.45, 7) is -1.24. The predicted molar refractivity (Wildman–Crippen MR) is 29.8 cm³/mol. The molecular formula is C4H8F2OS. The summed E-state index contributed by atoms with van der Waals surface area (Å²) in [6.07, 6.45) is 0. The van der Waals surface area contributed by atoms with E-state index in [0.717, 1.165) is 0 Å². The molecule has 0 rings (SSSR count). The first-order chi connectivity index (χ1) is 3.81. The zero-order valence-electron chi connectivity index (χ0n) is 4.40. The van der Waals surface area contributed by atoms with E-state index in [1.165, 1.54) is 0 Å². The molecule has 0 bridgehead atoms. The quantitative estimate of drug-likeness (QED) is 0.529. The standard InChI is InChI=1S/C4H8F2OS/c5-1-3-8(7)4-2-6/h1-4H2. The van der Waals surface area contributed by atoms with E-state index in [1.54, 1.807) is 0 Å². The molecule has 50 valence electrons. The SMILES string of the molecule is [O-][S+](CCF)CCF. The third-order valence-electron chi connectivity index (χ3n) is 0.610. The molecule has 0 aromatic heterocycles. The molecule has 0 aliphatic heterocycles. The lowest BCUT2D eigenvalue weighted by Crippen LogP contribution is -2.13. The van der Waals surface area contributed by atoms with Gasteiger partial charge in [-0.15, -0.1) is 0 Å². The number of hydrogen-bond donors (Lipinski definition) is 0. The molecule has 0 aromatic rings. The Labute approximate surface area is 50.3 Å². The lowest BCUT2D eigenvalue weighted by Gasteiger charge is -2.04. The average molecular weight is 142 g/mol. The van der Waals surface area contributed by atoms with Crippen LogP contribution in [0.1, 0.15) is 0 Å². The molecule has 0 N–H and O–H groups in total. The van der Waals surface area contributed by atoms with Crippen LogP contribution in [0.4, 0.5) is 8.78 Å². The first-order valence-corrected chi connectivity index (χ1v) is 3.77. The number of halogens is 2. The summed E-state index contributed by atoms with van der Waals surface area (Å²) in [4.78, 5) is 0. The van der Waals surface area contributed by atoms with Gasteiger partial charge in [-0.25, -0.2) is 8.78 Å².